The molecule has 142 valence electrons. The summed E-state index contributed by atoms with van der Waals surface area (Å²) in [6, 6.07) is 10.9. The highest BCUT2D eigenvalue weighted by atomic mass is 35.5. The van der Waals surface area contributed by atoms with Crippen LogP contribution in [0.5, 0.6) is 5.75 Å². The van der Waals surface area contributed by atoms with Crippen molar-refractivity contribution in [1.82, 2.24) is 0 Å². The Morgan fingerprint density at radius 1 is 0.654 bits per heavy atom. The summed E-state index contributed by atoms with van der Waals surface area (Å²) in [6.45, 7) is 0.695. The van der Waals surface area contributed by atoms with Crippen molar-refractivity contribution in [3.05, 3.63) is 54.1 Å². The first-order valence-electron chi connectivity index (χ1n) is 9.44. The minimum absolute atomic E-state index is 0.528. The molecule has 0 aromatic heterocycles. The van der Waals surface area contributed by atoms with E-state index in [1.165, 1.54) is 50.7 Å². The molecule has 0 heterocycles. The molecular formula is C22H27ClF2O. The van der Waals surface area contributed by atoms with Gasteiger partial charge in [-0.2, -0.15) is 0 Å². The number of hydrogen-bond acceptors (Lipinski definition) is 1. The van der Waals surface area contributed by atoms with Crippen molar-refractivity contribution in [3.8, 4) is 16.9 Å². The molecule has 0 unspecified atom stereocenters. The fraction of sp³-hybridized carbons (Fsp3) is 0.455. The number of benzene rings is 2. The summed E-state index contributed by atoms with van der Waals surface area (Å²) in [5, 5.41) is 0. The van der Waals surface area contributed by atoms with Crippen molar-refractivity contribution in [1.29, 1.82) is 0 Å². The van der Waals surface area contributed by atoms with Crippen LogP contribution in [0, 0.1) is 11.6 Å². The van der Waals surface area contributed by atoms with Gasteiger partial charge in [0, 0.05) is 11.9 Å². The summed E-state index contributed by atoms with van der Waals surface area (Å²) in [7, 11) is 0. The summed E-state index contributed by atoms with van der Waals surface area (Å²) < 4.78 is 32.3. The summed E-state index contributed by atoms with van der Waals surface area (Å²) in [5.74, 6) is 0.419. The normalized spacial score (nSPS) is 10.9. The zero-order valence-corrected chi connectivity index (χ0v) is 15.9. The standard InChI is InChI=1S/C22H27ClF2O/c23-13-7-5-3-1-2-4-6-8-14-26-22-11-9-18(10-12-22)19-15-20(24)17-21(25)16-19/h9-12,15-17H,1-8,13-14H2. The van der Waals surface area contributed by atoms with Crippen molar-refractivity contribution in [2.75, 3.05) is 12.5 Å². The van der Waals surface area contributed by atoms with Crippen LogP contribution in [0.3, 0.4) is 0 Å². The molecule has 4 heteroatoms. The van der Waals surface area contributed by atoms with Crippen LogP contribution in [0.4, 0.5) is 8.78 Å². The molecule has 2 rings (SSSR count). The van der Waals surface area contributed by atoms with Crippen molar-refractivity contribution in [3.63, 3.8) is 0 Å². The molecule has 0 aliphatic rings. The third kappa shape index (κ3) is 7.74. The predicted octanol–water partition coefficient (Wildman–Crippen LogP) is 7.37. The van der Waals surface area contributed by atoms with Crippen molar-refractivity contribution in [2.24, 2.45) is 0 Å². The van der Waals surface area contributed by atoms with Gasteiger partial charge in [-0.05, 0) is 48.2 Å². The Balaban J connectivity index is 1.63. The van der Waals surface area contributed by atoms with Gasteiger partial charge in [0.2, 0.25) is 0 Å². The van der Waals surface area contributed by atoms with E-state index < -0.39 is 11.6 Å². The molecule has 0 amide bonds. The highest BCUT2D eigenvalue weighted by Crippen LogP contribution is 2.24. The molecule has 0 spiro atoms. The second-order valence-electron chi connectivity index (χ2n) is 6.55. The van der Waals surface area contributed by atoms with E-state index >= 15 is 0 Å². The average Bonchev–Trinajstić information content (AvgIpc) is 2.63. The molecular weight excluding hydrogens is 354 g/mol. The first-order chi connectivity index (χ1) is 12.7. The van der Waals surface area contributed by atoms with Gasteiger partial charge in [-0.1, -0.05) is 50.7 Å². The number of hydrogen-bond donors (Lipinski definition) is 0. The molecule has 2 aromatic carbocycles. The predicted molar refractivity (Wildman–Crippen MR) is 105 cm³/mol. The molecule has 0 saturated carbocycles. The van der Waals surface area contributed by atoms with Gasteiger partial charge < -0.3 is 4.74 Å². The van der Waals surface area contributed by atoms with Gasteiger partial charge >= 0.3 is 0 Å². The molecule has 0 radical (unpaired) electrons. The molecule has 0 bridgehead atoms. The Hall–Kier alpha value is -1.61. The zero-order valence-electron chi connectivity index (χ0n) is 15.2. The van der Waals surface area contributed by atoms with Crippen molar-refractivity contribution < 1.29 is 13.5 Å². The lowest BCUT2D eigenvalue weighted by Gasteiger charge is -2.08. The number of alkyl halides is 1. The van der Waals surface area contributed by atoms with E-state index in [-0.39, 0.29) is 0 Å². The lowest BCUT2D eigenvalue weighted by molar-refractivity contribution is 0.304. The topological polar surface area (TPSA) is 9.23 Å². The summed E-state index contributed by atoms with van der Waals surface area (Å²) in [6.07, 6.45) is 9.68. The Bertz CT molecular complexity index is 623. The third-order valence-corrected chi connectivity index (χ3v) is 4.61. The van der Waals surface area contributed by atoms with E-state index in [2.05, 4.69) is 0 Å². The highest BCUT2D eigenvalue weighted by Gasteiger charge is 2.04. The first kappa shape index (κ1) is 20.7. The van der Waals surface area contributed by atoms with E-state index in [0.29, 0.717) is 12.2 Å². The lowest BCUT2D eigenvalue weighted by atomic mass is 10.1. The van der Waals surface area contributed by atoms with E-state index in [0.717, 1.165) is 36.1 Å². The smallest absolute Gasteiger partial charge is 0.126 e. The fourth-order valence-electron chi connectivity index (χ4n) is 2.91. The van der Waals surface area contributed by atoms with Crippen molar-refractivity contribution >= 4 is 11.6 Å². The van der Waals surface area contributed by atoms with E-state index in [4.69, 9.17) is 16.3 Å². The van der Waals surface area contributed by atoms with E-state index in [1.54, 1.807) is 0 Å². The maximum atomic E-state index is 13.3. The summed E-state index contributed by atoms with van der Waals surface area (Å²) >= 11 is 5.66. The second-order valence-corrected chi connectivity index (χ2v) is 6.93. The van der Waals surface area contributed by atoms with Crippen molar-refractivity contribution in [2.45, 2.75) is 51.4 Å². The third-order valence-electron chi connectivity index (χ3n) is 4.35. The van der Waals surface area contributed by atoms with Crippen LogP contribution in [0.1, 0.15) is 51.4 Å². The number of halogens is 3. The van der Waals surface area contributed by atoms with E-state index in [1.807, 2.05) is 24.3 Å². The second kappa shape index (κ2) is 11.9. The minimum Gasteiger partial charge on any atom is -0.494 e. The quantitative estimate of drug-likeness (QED) is 0.276. The van der Waals surface area contributed by atoms with Crippen LogP contribution < -0.4 is 4.74 Å². The van der Waals surface area contributed by atoms with E-state index in [9.17, 15) is 8.78 Å². The molecule has 2 aromatic rings. The Labute approximate surface area is 160 Å². The minimum atomic E-state index is -0.570. The van der Waals surface area contributed by atoms with Crippen LogP contribution in [0.25, 0.3) is 11.1 Å². The van der Waals surface area contributed by atoms with Gasteiger partial charge in [0.25, 0.3) is 0 Å². The van der Waals surface area contributed by atoms with Crippen LogP contribution in [0.2, 0.25) is 0 Å². The summed E-state index contributed by atoms with van der Waals surface area (Å²) in [5.41, 5.74) is 1.30. The monoisotopic (exact) mass is 380 g/mol. The maximum absolute atomic E-state index is 13.3. The highest BCUT2D eigenvalue weighted by molar-refractivity contribution is 6.17. The van der Waals surface area contributed by atoms with Crippen LogP contribution >= 0.6 is 11.6 Å². The van der Waals surface area contributed by atoms with Gasteiger partial charge in [-0.25, -0.2) is 8.78 Å². The maximum Gasteiger partial charge on any atom is 0.126 e. The summed E-state index contributed by atoms with van der Waals surface area (Å²) in [4.78, 5) is 0. The zero-order chi connectivity index (χ0) is 18.6. The fourth-order valence-corrected chi connectivity index (χ4v) is 3.10. The molecule has 0 fully saturated rings. The van der Waals surface area contributed by atoms with Gasteiger partial charge in [0.05, 0.1) is 6.61 Å². The lowest BCUT2D eigenvalue weighted by Crippen LogP contribution is -1.97. The average molecular weight is 381 g/mol. The Kier molecular flexibility index (Phi) is 9.47. The van der Waals surface area contributed by atoms with Crippen LogP contribution in [0.15, 0.2) is 42.5 Å². The largest absolute Gasteiger partial charge is 0.494 e. The molecule has 0 aliphatic carbocycles. The SMILES string of the molecule is Fc1cc(F)cc(-c2ccc(OCCCCCCCCCCCl)cc2)c1. The Morgan fingerprint density at radius 3 is 1.77 bits per heavy atom. The first-order valence-corrected chi connectivity index (χ1v) is 9.98. The van der Waals surface area contributed by atoms with Crippen LogP contribution in [-0.4, -0.2) is 12.5 Å². The molecule has 0 atom stereocenters. The van der Waals surface area contributed by atoms with Gasteiger partial charge in [-0.15, -0.1) is 11.6 Å². The molecule has 0 N–H and O–H groups in total. The number of unbranched alkanes of at least 4 members (excludes halogenated alkanes) is 7. The van der Waals surface area contributed by atoms with Gasteiger partial charge in [0.1, 0.15) is 17.4 Å². The number of rotatable bonds is 12. The molecule has 1 nitrogen and oxygen atoms in total. The molecule has 0 aliphatic heterocycles. The van der Waals surface area contributed by atoms with Gasteiger partial charge in [0.15, 0.2) is 0 Å². The number of ether oxygens (including phenoxy) is 1. The Morgan fingerprint density at radius 2 is 1.19 bits per heavy atom. The van der Waals surface area contributed by atoms with Gasteiger partial charge in [-0.3, -0.25) is 0 Å². The molecule has 26 heavy (non-hydrogen) atoms. The molecule has 0 saturated heterocycles. The van der Waals surface area contributed by atoms with Crippen LogP contribution in [-0.2, 0) is 0 Å².